The number of aromatic nitrogens is 2. The highest BCUT2D eigenvalue weighted by atomic mass is 16.6. The number of nitrogens with two attached hydrogens (primary N) is 1. The number of non-ortho nitro benzene ring substituents is 1. The quantitative estimate of drug-likeness (QED) is 0.332. The smallest absolute Gasteiger partial charge is 0.293 e. The maximum Gasteiger partial charge on any atom is 0.293 e. The number of aryl methyl sites for hydroxylation is 2. The lowest BCUT2D eigenvalue weighted by Crippen LogP contribution is -2.30. The highest BCUT2D eigenvalue weighted by molar-refractivity contribution is 6.05. The van der Waals surface area contributed by atoms with Crippen molar-refractivity contribution in [3.63, 3.8) is 0 Å². The monoisotopic (exact) mass is 324 g/mol. The van der Waals surface area contributed by atoms with Crippen molar-refractivity contribution in [3.8, 4) is 11.4 Å². The van der Waals surface area contributed by atoms with Crippen molar-refractivity contribution in [1.82, 2.24) is 4.57 Å². The SMILES string of the molecule is NC(=O)c1cc([N+](=O)[O-])cc2c1n1c([n+]2[O-])-c2ccccc2CC1. The van der Waals surface area contributed by atoms with Gasteiger partial charge in [-0.25, -0.2) is 9.30 Å². The number of hydrogen-bond acceptors (Lipinski definition) is 4. The summed E-state index contributed by atoms with van der Waals surface area (Å²) in [4.78, 5) is 22.3. The van der Waals surface area contributed by atoms with E-state index < -0.39 is 10.8 Å². The average molecular weight is 324 g/mol. The lowest BCUT2D eigenvalue weighted by atomic mass is 10.0. The van der Waals surface area contributed by atoms with Crippen molar-refractivity contribution in [3.05, 3.63) is 62.8 Å². The van der Waals surface area contributed by atoms with Crippen LogP contribution in [0.5, 0.6) is 0 Å². The number of fused-ring (bicyclic) bond motifs is 5. The molecule has 0 bridgehead atoms. The van der Waals surface area contributed by atoms with Crippen LogP contribution in [-0.4, -0.2) is 15.4 Å². The first-order chi connectivity index (χ1) is 11.5. The summed E-state index contributed by atoms with van der Waals surface area (Å²) in [6.07, 6.45) is 0.697. The lowest BCUT2D eigenvalue weighted by molar-refractivity contribution is -0.566. The first-order valence-corrected chi connectivity index (χ1v) is 7.31. The number of nitrogens with zero attached hydrogens (tertiary/aromatic N) is 3. The van der Waals surface area contributed by atoms with Crippen molar-refractivity contribution in [2.24, 2.45) is 5.73 Å². The fraction of sp³-hybridized carbons (Fsp3) is 0.125. The fourth-order valence-corrected chi connectivity index (χ4v) is 3.33. The van der Waals surface area contributed by atoms with Gasteiger partial charge in [-0.15, -0.1) is 0 Å². The van der Waals surface area contributed by atoms with Gasteiger partial charge >= 0.3 is 0 Å². The molecule has 0 unspecified atom stereocenters. The Morgan fingerprint density at radius 2 is 2.04 bits per heavy atom. The number of nitro benzene ring substituents is 1. The van der Waals surface area contributed by atoms with E-state index in [1.54, 1.807) is 4.57 Å². The van der Waals surface area contributed by atoms with Gasteiger partial charge in [0.25, 0.3) is 17.4 Å². The van der Waals surface area contributed by atoms with Crippen LogP contribution < -0.4 is 10.5 Å². The van der Waals surface area contributed by atoms with Gasteiger partial charge in [-0.05, 0) is 11.6 Å². The molecular weight excluding hydrogens is 312 g/mol. The molecule has 8 heteroatoms. The van der Waals surface area contributed by atoms with E-state index in [4.69, 9.17) is 5.73 Å². The number of rotatable bonds is 2. The van der Waals surface area contributed by atoms with Crippen LogP contribution >= 0.6 is 0 Å². The van der Waals surface area contributed by atoms with E-state index >= 15 is 0 Å². The molecule has 2 heterocycles. The molecule has 0 fully saturated rings. The Bertz CT molecular complexity index is 1040. The van der Waals surface area contributed by atoms with E-state index in [0.717, 1.165) is 17.2 Å². The predicted molar refractivity (Wildman–Crippen MR) is 85.2 cm³/mol. The van der Waals surface area contributed by atoms with Crippen LogP contribution in [0.25, 0.3) is 22.4 Å². The number of imidazole rings is 1. The van der Waals surface area contributed by atoms with Crippen molar-refractivity contribution in [2.45, 2.75) is 13.0 Å². The minimum atomic E-state index is -0.802. The Labute approximate surface area is 135 Å². The maximum absolute atomic E-state index is 12.8. The van der Waals surface area contributed by atoms with E-state index in [9.17, 15) is 20.1 Å². The summed E-state index contributed by atoms with van der Waals surface area (Å²) in [7, 11) is 0. The fourth-order valence-electron chi connectivity index (χ4n) is 3.33. The van der Waals surface area contributed by atoms with Gasteiger partial charge < -0.3 is 10.9 Å². The summed E-state index contributed by atoms with van der Waals surface area (Å²) in [5.74, 6) is -0.432. The Hall–Kier alpha value is -3.42. The Balaban J connectivity index is 2.16. The second kappa shape index (κ2) is 4.79. The molecule has 1 aliphatic rings. The summed E-state index contributed by atoms with van der Waals surface area (Å²) in [5.41, 5.74) is 7.24. The summed E-state index contributed by atoms with van der Waals surface area (Å²) in [6, 6.07) is 9.79. The van der Waals surface area contributed by atoms with Gasteiger partial charge in [0, 0.05) is 12.5 Å². The minimum Gasteiger partial charge on any atom is -0.710 e. The van der Waals surface area contributed by atoms with Gasteiger partial charge in [0.1, 0.15) is 0 Å². The van der Waals surface area contributed by atoms with Crippen LogP contribution in [0.1, 0.15) is 15.9 Å². The summed E-state index contributed by atoms with van der Waals surface area (Å²) in [5, 5.41) is 23.9. The summed E-state index contributed by atoms with van der Waals surface area (Å²) >= 11 is 0. The molecule has 24 heavy (non-hydrogen) atoms. The zero-order valence-electron chi connectivity index (χ0n) is 12.4. The molecule has 0 aliphatic carbocycles. The zero-order chi connectivity index (χ0) is 17.0. The molecule has 1 aliphatic heterocycles. The molecule has 1 amide bonds. The Morgan fingerprint density at radius 3 is 2.75 bits per heavy atom. The predicted octanol–water partition coefficient (Wildman–Crippen LogP) is 1.50. The highest BCUT2D eigenvalue weighted by Gasteiger charge is 2.33. The molecule has 0 spiro atoms. The summed E-state index contributed by atoms with van der Waals surface area (Å²) in [6.45, 7) is 0.496. The van der Waals surface area contributed by atoms with Crippen LogP contribution in [0, 0.1) is 15.3 Å². The van der Waals surface area contributed by atoms with Gasteiger partial charge in [0.2, 0.25) is 0 Å². The Morgan fingerprint density at radius 1 is 1.29 bits per heavy atom. The molecule has 1 aromatic heterocycles. The van der Waals surface area contributed by atoms with E-state index in [0.29, 0.717) is 29.0 Å². The highest BCUT2D eigenvalue weighted by Crippen LogP contribution is 2.33. The number of primary amides is 1. The van der Waals surface area contributed by atoms with Crippen molar-refractivity contribution < 1.29 is 14.4 Å². The number of benzene rings is 2. The number of nitro groups is 1. The van der Waals surface area contributed by atoms with Crippen molar-refractivity contribution >= 4 is 22.6 Å². The van der Waals surface area contributed by atoms with Crippen LogP contribution in [-0.2, 0) is 13.0 Å². The second-order valence-electron chi connectivity index (χ2n) is 5.66. The molecule has 2 N–H and O–H groups in total. The molecule has 120 valence electrons. The number of carbonyl (C=O) groups is 1. The Kier molecular flexibility index (Phi) is 2.83. The molecule has 2 aromatic carbocycles. The van der Waals surface area contributed by atoms with Gasteiger partial charge in [0.15, 0.2) is 11.0 Å². The number of amides is 1. The number of carbonyl (C=O) groups excluding carboxylic acids is 1. The molecule has 8 nitrogen and oxygen atoms in total. The summed E-state index contributed by atoms with van der Waals surface area (Å²) < 4.78 is 2.36. The minimum absolute atomic E-state index is 0.0190. The molecule has 0 saturated heterocycles. The van der Waals surface area contributed by atoms with Crippen LogP contribution in [0.2, 0.25) is 0 Å². The van der Waals surface area contributed by atoms with E-state index in [1.807, 2.05) is 24.3 Å². The topological polar surface area (TPSA) is 118 Å². The second-order valence-corrected chi connectivity index (χ2v) is 5.66. The van der Waals surface area contributed by atoms with E-state index in [-0.39, 0.29) is 16.8 Å². The molecule has 0 atom stereocenters. The van der Waals surface area contributed by atoms with Crippen LogP contribution in [0.4, 0.5) is 5.69 Å². The molecule has 4 rings (SSSR count). The van der Waals surface area contributed by atoms with Gasteiger partial charge in [0.05, 0.1) is 28.7 Å². The standard InChI is InChI=1S/C16H12N4O4/c17-15(21)12-7-10(20(23)24)8-13-14(12)18-6-5-9-3-1-2-4-11(9)16(18)19(13)22/h1-4,7-8H,5-6H2,(H2,17,21). The third kappa shape index (κ3) is 1.79. The molecule has 0 radical (unpaired) electrons. The average Bonchev–Trinajstić information content (AvgIpc) is 2.87. The normalized spacial score (nSPS) is 12.7. The third-order valence-electron chi connectivity index (χ3n) is 4.35. The zero-order valence-corrected chi connectivity index (χ0v) is 12.4. The lowest BCUT2D eigenvalue weighted by Gasteiger charge is -2.15. The largest absolute Gasteiger partial charge is 0.710 e. The number of hydrogen-bond donors (Lipinski definition) is 1. The molecule has 3 aromatic rings. The maximum atomic E-state index is 12.8. The van der Waals surface area contributed by atoms with Crippen molar-refractivity contribution in [1.29, 1.82) is 0 Å². The van der Waals surface area contributed by atoms with Crippen LogP contribution in [0.3, 0.4) is 0 Å². The molecular formula is C16H12N4O4. The van der Waals surface area contributed by atoms with Gasteiger partial charge in [-0.1, -0.05) is 18.2 Å². The third-order valence-corrected chi connectivity index (χ3v) is 4.35. The van der Waals surface area contributed by atoms with E-state index in [1.165, 1.54) is 6.07 Å². The van der Waals surface area contributed by atoms with Crippen molar-refractivity contribution in [2.75, 3.05) is 0 Å². The van der Waals surface area contributed by atoms with Gasteiger partial charge in [-0.3, -0.25) is 14.9 Å². The van der Waals surface area contributed by atoms with Crippen LogP contribution in [0.15, 0.2) is 36.4 Å². The van der Waals surface area contributed by atoms with E-state index in [2.05, 4.69) is 0 Å². The first-order valence-electron chi connectivity index (χ1n) is 7.31. The van der Waals surface area contributed by atoms with Gasteiger partial charge in [-0.2, -0.15) is 0 Å². The first kappa shape index (κ1) is 14.2. The molecule has 0 saturated carbocycles.